The molecule has 10 nitrogen and oxygen atoms in total. The number of sulfonamides is 2. The lowest BCUT2D eigenvalue weighted by Crippen LogP contribution is -2.58. The van der Waals surface area contributed by atoms with Gasteiger partial charge in [-0.1, -0.05) is 39.5 Å². The molecule has 12 heteroatoms. The number of nitrogens with zero attached hydrogens (tertiary/aromatic N) is 6. The van der Waals surface area contributed by atoms with Crippen molar-refractivity contribution >= 4 is 20.0 Å². The van der Waals surface area contributed by atoms with Crippen molar-refractivity contribution in [1.82, 2.24) is 8.61 Å². The number of nitriles is 4. The summed E-state index contributed by atoms with van der Waals surface area (Å²) in [6.45, 7) is 0.830. The summed E-state index contributed by atoms with van der Waals surface area (Å²) in [7, 11) is -9.39. The van der Waals surface area contributed by atoms with Gasteiger partial charge in [-0.15, -0.1) is 0 Å². The van der Waals surface area contributed by atoms with Crippen molar-refractivity contribution in [1.29, 1.82) is 21.0 Å². The fourth-order valence-corrected chi connectivity index (χ4v) is 8.06. The van der Waals surface area contributed by atoms with Crippen LogP contribution in [0, 0.1) is 45.3 Å². The zero-order chi connectivity index (χ0) is 22.6. The molecule has 0 atom stereocenters. The Bertz CT molecular complexity index is 796. The molecule has 0 aromatic heterocycles. The van der Waals surface area contributed by atoms with Crippen molar-refractivity contribution in [2.45, 2.75) is 56.5 Å². The molecule has 160 valence electrons. The van der Waals surface area contributed by atoms with E-state index in [9.17, 15) is 16.8 Å². The van der Waals surface area contributed by atoms with Crippen molar-refractivity contribution < 1.29 is 16.8 Å². The molecule has 0 radical (unpaired) electrons. The normalized spacial score (nSPS) is 12.1. The predicted octanol–water partition coefficient (Wildman–Crippen LogP) is 1.42. The summed E-state index contributed by atoms with van der Waals surface area (Å²) in [4.78, 5) is 0. The largest absolute Gasteiger partial charge is 0.237 e. The van der Waals surface area contributed by atoms with Crippen LogP contribution >= 0.6 is 0 Å². The molecular formula is C17H26N6O4S2. The minimum absolute atomic E-state index is 0.252. The van der Waals surface area contributed by atoms with Gasteiger partial charge < -0.3 is 0 Å². The summed E-state index contributed by atoms with van der Waals surface area (Å²) in [5.41, 5.74) is 0. The van der Waals surface area contributed by atoms with Gasteiger partial charge in [0.05, 0.1) is 24.3 Å². The molecule has 0 unspecified atom stereocenters. The van der Waals surface area contributed by atoms with E-state index in [0.29, 0.717) is 21.5 Å². The molecule has 0 aromatic carbocycles. The van der Waals surface area contributed by atoms with Gasteiger partial charge >= 0.3 is 0 Å². The van der Waals surface area contributed by atoms with Gasteiger partial charge in [-0.25, -0.2) is 16.8 Å². The van der Waals surface area contributed by atoms with Crippen LogP contribution in [0.2, 0.25) is 0 Å². The van der Waals surface area contributed by atoms with E-state index >= 15 is 0 Å². The van der Waals surface area contributed by atoms with Crippen LogP contribution in [0.5, 0.6) is 0 Å². The highest BCUT2D eigenvalue weighted by molar-refractivity contribution is 8.08. The van der Waals surface area contributed by atoms with Crippen molar-refractivity contribution in [3.05, 3.63) is 0 Å². The van der Waals surface area contributed by atoms with Crippen molar-refractivity contribution in [2.75, 3.05) is 26.2 Å². The van der Waals surface area contributed by atoms with E-state index < -0.39 is 50.3 Å². The predicted molar refractivity (Wildman–Crippen MR) is 105 cm³/mol. The van der Waals surface area contributed by atoms with Gasteiger partial charge in [0.25, 0.3) is 0 Å². The van der Waals surface area contributed by atoms with E-state index in [-0.39, 0.29) is 25.7 Å². The van der Waals surface area contributed by atoms with Crippen LogP contribution in [0.3, 0.4) is 0 Å². The smallest absolute Gasteiger partial charge is 0.210 e. The van der Waals surface area contributed by atoms with Gasteiger partial charge in [-0.2, -0.15) is 29.7 Å². The zero-order valence-corrected chi connectivity index (χ0v) is 18.3. The summed E-state index contributed by atoms with van der Waals surface area (Å²) in [6, 6.07) is 6.63. The molecule has 0 aliphatic heterocycles. The maximum absolute atomic E-state index is 13.6. The molecule has 0 rings (SSSR count). The average Bonchev–Trinajstić information content (AvgIpc) is 2.67. The highest BCUT2D eigenvalue weighted by Crippen LogP contribution is 2.40. The molecule has 0 saturated carbocycles. The van der Waals surface area contributed by atoms with Gasteiger partial charge in [-0.3, -0.25) is 0 Å². The third kappa shape index (κ3) is 5.88. The number of hydrogen-bond acceptors (Lipinski definition) is 8. The monoisotopic (exact) mass is 442 g/mol. The van der Waals surface area contributed by atoms with Crippen LogP contribution in [0.25, 0.3) is 0 Å². The molecule has 0 aliphatic carbocycles. The third-order valence-corrected chi connectivity index (χ3v) is 10.3. The van der Waals surface area contributed by atoms with E-state index in [1.165, 1.54) is 0 Å². The molecule has 0 fully saturated rings. The van der Waals surface area contributed by atoms with Gasteiger partial charge in [0.2, 0.25) is 24.1 Å². The second kappa shape index (κ2) is 12.4. The van der Waals surface area contributed by atoms with Crippen LogP contribution in [-0.4, -0.2) is 55.7 Å². The lowest BCUT2D eigenvalue weighted by atomic mass is 10.1. The highest BCUT2D eigenvalue weighted by atomic mass is 32.3. The van der Waals surface area contributed by atoms with Crippen LogP contribution < -0.4 is 0 Å². The minimum atomic E-state index is -4.69. The zero-order valence-electron chi connectivity index (χ0n) is 16.7. The number of unbranched alkanes of at least 4 members (excludes halogenated alkanes) is 2. The van der Waals surface area contributed by atoms with Crippen molar-refractivity contribution in [3.8, 4) is 24.3 Å². The fourth-order valence-electron chi connectivity index (χ4n) is 2.90. The molecular weight excluding hydrogens is 416 g/mol. The van der Waals surface area contributed by atoms with Crippen molar-refractivity contribution in [2.24, 2.45) is 0 Å². The SMILES string of the molecule is CCCCC(CCCC)(S(=O)(=O)N(CC#N)CC#N)S(=O)(=O)N(CC#N)CC#N. The summed E-state index contributed by atoms with van der Waals surface area (Å²) in [5.74, 6) is 0. The highest BCUT2D eigenvalue weighted by Gasteiger charge is 2.58. The van der Waals surface area contributed by atoms with Crippen molar-refractivity contribution in [3.63, 3.8) is 0 Å². The number of hydrogen-bond donors (Lipinski definition) is 0. The lowest BCUT2D eigenvalue weighted by molar-refractivity contribution is 0.402. The van der Waals surface area contributed by atoms with E-state index in [2.05, 4.69) is 0 Å². The Balaban J connectivity index is 6.97. The van der Waals surface area contributed by atoms with Gasteiger partial charge in [0.1, 0.15) is 26.2 Å². The first-order valence-corrected chi connectivity index (χ1v) is 12.0. The minimum Gasteiger partial charge on any atom is -0.210 e. The van der Waals surface area contributed by atoms with Gasteiger partial charge in [-0.05, 0) is 12.8 Å². The fraction of sp³-hybridized carbons (Fsp3) is 0.765. The first-order chi connectivity index (χ1) is 13.7. The molecule has 0 saturated heterocycles. The summed E-state index contributed by atoms with van der Waals surface area (Å²) < 4.78 is 53.0. The number of rotatable bonds is 14. The Morgan fingerprint density at radius 2 is 0.931 bits per heavy atom. The summed E-state index contributed by atoms with van der Waals surface area (Å²) in [6.07, 6.45) is 0.978. The average molecular weight is 443 g/mol. The van der Waals surface area contributed by atoms with Gasteiger partial charge in [0.15, 0.2) is 0 Å². The third-order valence-electron chi connectivity index (χ3n) is 4.43. The Hall–Kier alpha value is -2.22. The Morgan fingerprint density at radius 3 is 1.14 bits per heavy atom. The first-order valence-electron chi connectivity index (χ1n) is 9.13. The topological polar surface area (TPSA) is 170 Å². The second-order valence-corrected chi connectivity index (χ2v) is 11.1. The second-order valence-electron chi connectivity index (χ2n) is 6.30. The Morgan fingerprint density at radius 1 is 0.655 bits per heavy atom. The van der Waals surface area contributed by atoms with E-state index in [1.807, 2.05) is 0 Å². The van der Waals surface area contributed by atoms with E-state index in [4.69, 9.17) is 21.0 Å². The molecule has 0 bridgehead atoms. The summed E-state index contributed by atoms with van der Waals surface area (Å²) in [5, 5.41) is 36.1. The Labute approximate surface area is 173 Å². The van der Waals surface area contributed by atoms with Crippen LogP contribution in [0.4, 0.5) is 0 Å². The van der Waals surface area contributed by atoms with Crippen LogP contribution in [0.1, 0.15) is 52.4 Å². The molecule has 29 heavy (non-hydrogen) atoms. The standard InChI is InChI=1S/C17H26N6O4S2/c1-3-5-7-17(8-6-4-2,28(24,25)22(13-9-18)14-10-19)29(26,27)23(15-11-20)16-12-21/h3-8,13-16H2,1-2H3. The van der Waals surface area contributed by atoms with E-state index in [1.54, 1.807) is 38.1 Å². The van der Waals surface area contributed by atoms with Crippen LogP contribution in [0.15, 0.2) is 0 Å². The quantitative estimate of drug-likeness (QED) is 0.363. The molecule has 0 aliphatic rings. The van der Waals surface area contributed by atoms with E-state index in [0.717, 1.165) is 0 Å². The molecule has 0 amide bonds. The maximum atomic E-state index is 13.6. The first kappa shape index (κ1) is 26.8. The lowest BCUT2D eigenvalue weighted by Gasteiger charge is -2.38. The summed E-state index contributed by atoms with van der Waals surface area (Å²) >= 11 is 0. The Kier molecular flexibility index (Phi) is 11.4. The molecule has 0 N–H and O–H groups in total. The maximum Gasteiger partial charge on any atom is 0.237 e. The van der Waals surface area contributed by atoms with Gasteiger partial charge in [0, 0.05) is 0 Å². The molecule has 0 spiro atoms. The molecule has 0 heterocycles. The van der Waals surface area contributed by atoms with Crippen LogP contribution in [-0.2, 0) is 20.0 Å². The molecule has 0 aromatic rings.